The van der Waals surface area contributed by atoms with E-state index >= 15 is 0 Å². The van der Waals surface area contributed by atoms with Crippen LogP contribution in [0.25, 0.3) is 0 Å². The molecule has 2 amide bonds. The van der Waals surface area contributed by atoms with Crippen LogP contribution in [-0.4, -0.2) is 50.5 Å². The largest absolute Gasteiger partial charge is 0.354 e. The summed E-state index contributed by atoms with van der Waals surface area (Å²) in [5, 5.41) is 3.61. The van der Waals surface area contributed by atoms with Gasteiger partial charge in [0.1, 0.15) is 12.6 Å². The smallest absolute Gasteiger partial charge is 0.244 e. The first-order chi connectivity index (χ1) is 16.9. The van der Waals surface area contributed by atoms with Gasteiger partial charge in [-0.1, -0.05) is 78.8 Å². The average molecular weight is 597 g/mol. The van der Waals surface area contributed by atoms with Gasteiger partial charge in [0.15, 0.2) is 0 Å². The van der Waals surface area contributed by atoms with Crippen LogP contribution in [0, 0.1) is 0 Å². The molecule has 7 nitrogen and oxygen atoms in total. The highest BCUT2D eigenvalue weighted by Crippen LogP contribution is 2.34. The standard InChI is InChI=1S/C24H29Cl4N3O4S/c1-4-6-13-29-24(33)20(5-2)30(14-16-17(25)9-7-10-18(16)26)22(32)15-31(36(3,34)35)21-12-8-11-19(27)23(21)28/h7-12,20H,4-6,13-15H2,1-3H3,(H,29,33)/t20-/m0/s1. The normalized spacial score (nSPS) is 12.2. The number of unbranched alkanes of at least 4 members (excludes halogenated alkanes) is 1. The molecule has 2 aromatic carbocycles. The van der Waals surface area contributed by atoms with Crippen LogP contribution >= 0.6 is 46.4 Å². The van der Waals surface area contributed by atoms with E-state index in [9.17, 15) is 18.0 Å². The van der Waals surface area contributed by atoms with Crippen LogP contribution in [-0.2, 0) is 26.2 Å². The molecule has 0 fully saturated rings. The van der Waals surface area contributed by atoms with Gasteiger partial charge in [0.2, 0.25) is 21.8 Å². The van der Waals surface area contributed by atoms with E-state index in [0.717, 1.165) is 23.4 Å². The van der Waals surface area contributed by atoms with Crippen LogP contribution in [0.4, 0.5) is 5.69 Å². The third-order valence-electron chi connectivity index (χ3n) is 5.48. The molecule has 36 heavy (non-hydrogen) atoms. The number of sulfonamides is 1. The summed E-state index contributed by atoms with van der Waals surface area (Å²) in [6.45, 7) is 3.51. The molecular weight excluding hydrogens is 568 g/mol. The van der Waals surface area contributed by atoms with Gasteiger partial charge < -0.3 is 10.2 Å². The van der Waals surface area contributed by atoms with Gasteiger partial charge in [-0.05, 0) is 37.1 Å². The average Bonchev–Trinajstić information content (AvgIpc) is 2.80. The Bertz CT molecular complexity index is 1170. The minimum atomic E-state index is -3.96. The molecule has 0 aliphatic carbocycles. The highest BCUT2D eigenvalue weighted by Gasteiger charge is 2.33. The number of benzene rings is 2. The first kappa shape index (κ1) is 30.5. The zero-order valence-corrected chi connectivity index (χ0v) is 24.1. The van der Waals surface area contributed by atoms with Crippen LogP contribution < -0.4 is 9.62 Å². The van der Waals surface area contributed by atoms with Crippen molar-refractivity contribution in [1.82, 2.24) is 10.2 Å². The summed E-state index contributed by atoms with van der Waals surface area (Å²) in [5.74, 6) is -0.987. The number of hydrogen-bond acceptors (Lipinski definition) is 4. The lowest BCUT2D eigenvalue weighted by atomic mass is 10.1. The molecule has 0 saturated heterocycles. The molecule has 0 aliphatic heterocycles. The van der Waals surface area contributed by atoms with Crippen LogP contribution in [0.5, 0.6) is 0 Å². The number of anilines is 1. The molecular formula is C24H29Cl4N3O4S. The molecule has 0 saturated carbocycles. The third kappa shape index (κ3) is 7.89. The molecule has 1 atom stereocenters. The van der Waals surface area contributed by atoms with E-state index in [0.29, 0.717) is 22.2 Å². The Morgan fingerprint density at radius 2 is 1.56 bits per heavy atom. The van der Waals surface area contributed by atoms with Gasteiger partial charge in [0.05, 0.1) is 22.0 Å². The molecule has 0 bridgehead atoms. The van der Waals surface area contributed by atoms with Gasteiger partial charge in [-0.2, -0.15) is 0 Å². The Morgan fingerprint density at radius 3 is 2.11 bits per heavy atom. The number of nitrogens with one attached hydrogen (secondary N) is 1. The van der Waals surface area contributed by atoms with Gasteiger partial charge in [-0.3, -0.25) is 13.9 Å². The quantitative estimate of drug-likeness (QED) is 0.314. The zero-order chi connectivity index (χ0) is 27.0. The van der Waals surface area contributed by atoms with Crippen LogP contribution in [0.3, 0.4) is 0 Å². The lowest BCUT2D eigenvalue weighted by Crippen LogP contribution is -2.52. The molecule has 0 aliphatic rings. The van der Waals surface area contributed by atoms with E-state index in [4.69, 9.17) is 46.4 Å². The van der Waals surface area contributed by atoms with Crippen molar-refractivity contribution in [2.75, 3.05) is 23.7 Å². The van der Waals surface area contributed by atoms with E-state index < -0.39 is 28.5 Å². The number of carbonyl (C=O) groups is 2. The van der Waals surface area contributed by atoms with Crippen molar-refractivity contribution in [1.29, 1.82) is 0 Å². The second kappa shape index (κ2) is 13.7. The number of hydrogen-bond donors (Lipinski definition) is 1. The molecule has 1 N–H and O–H groups in total. The van der Waals surface area contributed by atoms with E-state index in [1.807, 2.05) is 6.92 Å². The number of halogens is 4. The molecule has 0 radical (unpaired) electrons. The Morgan fingerprint density at radius 1 is 0.972 bits per heavy atom. The van der Waals surface area contributed by atoms with Gasteiger partial charge >= 0.3 is 0 Å². The van der Waals surface area contributed by atoms with Crippen molar-refractivity contribution >= 4 is 73.9 Å². The first-order valence-electron chi connectivity index (χ1n) is 11.3. The molecule has 0 aromatic heterocycles. The van der Waals surface area contributed by atoms with Gasteiger partial charge in [0.25, 0.3) is 0 Å². The lowest BCUT2D eigenvalue weighted by Gasteiger charge is -2.33. The lowest BCUT2D eigenvalue weighted by molar-refractivity contribution is -0.140. The third-order valence-corrected chi connectivity index (χ3v) is 8.13. The van der Waals surface area contributed by atoms with E-state index in [1.54, 1.807) is 25.1 Å². The summed E-state index contributed by atoms with van der Waals surface area (Å²) >= 11 is 25.1. The minimum Gasteiger partial charge on any atom is -0.354 e. The maximum Gasteiger partial charge on any atom is 0.244 e. The minimum absolute atomic E-state index is 0.0116. The Hall–Kier alpha value is -1.71. The number of carbonyl (C=O) groups excluding carboxylic acids is 2. The van der Waals surface area contributed by atoms with Gasteiger partial charge in [0, 0.05) is 28.7 Å². The van der Waals surface area contributed by atoms with Crippen LogP contribution in [0.1, 0.15) is 38.7 Å². The van der Waals surface area contributed by atoms with Crippen LogP contribution in [0.2, 0.25) is 20.1 Å². The number of nitrogens with zero attached hydrogens (tertiary/aromatic N) is 2. The Labute approximate surface area is 232 Å². The number of rotatable bonds is 12. The summed E-state index contributed by atoms with van der Waals surface area (Å²) in [7, 11) is -3.96. The summed E-state index contributed by atoms with van der Waals surface area (Å²) in [6.07, 6.45) is 2.91. The van der Waals surface area contributed by atoms with Crippen molar-refractivity contribution in [2.24, 2.45) is 0 Å². The molecule has 198 valence electrons. The topological polar surface area (TPSA) is 86.8 Å². The fourth-order valence-corrected chi connectivity index (χ4v) is 5.38. The van der Waals surface area contributed by atoms with E-state index in [-0.39, 0.29) is 34.6 Å². The molecule has 0 spiro atoms. The second-order valence-corrected chi connectivity index (χ2v) is 11.6. The van der Waals surface area contributed by atoms with Crippen LogP contribution in [0.15, 0.2) is 36.4 Å². The fourth-order valence-electron chi connectivity index (χ4n) is 3.56. The Kier molecular flexibility index (Phi) is 11.6. The molecule has 0 heterocycles. The summed E-state index contributed by atoms with van der Waals surface area (Å²) in [5.41, 5.74) is 0.497. The predicted molar refractivity (Wildman–Crippen MR) is 148 cm³/mol. The maximum absolute atomic E-state index is 13.7. The predicted octanol–water partition coefficient (Wildman–Crippen LogP) is 5.79. The summed E-state index contributed by atoms with van der Waals surface area (Å²) in [6, 6.07) is 8.52. The van der Waals surface area contributed by atoms with Gasteiger partial charge in [-0.25, -0.2) is 8.42 Å². The number of amides is 2. The van der Waals surface area contributed by atoms with Crippen molar-refractivity contribution in [3.8, 4) is 0 Å². The van der Waals surface area contributed by atoms with E-state index in [2.05, 4.69) is 5.32 Å². The second-order valence-electron chi connectivity index (χ2n) is 8.13. The zero-order valence-electron chi connectivity index (χ0n) is 20.2. The van der Waals surface area contributed by atoms with Gasteiger partial charge in [-0.15, -0.1) is 0 Å². The molecule has 12 heteroatoms. The fraction of sp³-hybridized carbons (Fsp3) is 0.417. The summed E-state index contributed by atoms with van der Waals surface area (Å²) < 4.78 is 26.3. The monoisotopic (exact) mass is 595 g/mol. The summed E-state index contributed by atoms with van der Waals surface area (Å²) in [4.78, 5) is 28.1. The Balaban J connectivity index is 2.51. The van der Waals surface area contributed by atoms with Crippen molar-refractivity contribution in [3.05, 3.63) is 62.1 Å². The van der Waals surface area contributed by atoms with E-state index in [1.165, 1.54) is 23.1 Å². The maximum atomic E-state index is 13.7. The van der Waals surface area contributed by atoms with Crippen molar-refractivity contribution < 1.29 is 18.0 Å². The highest BCUT2D eigenvalue weighted by atomic mass is 35.5. The molecule has 0 unspecified atom stereocenters. The molecule has 2 rings (SSSR count). The molecule has 2 aromatic rings. The first-order valence-corrected chi connectivity index (χ1v) is 14.7. The SMILES string of the molecule is CCCCNC(=O)[C@H](CC)N(Cc1c(Cl)cccc1Cl)C(=O)CN(c1cccc(Cl)c1Cl)S(C)(=O)=O. The highest BCUT2D eigenvalue weighted by molar-refractivity contribution is 7.92. The van der Waals surface area contributed by atoms with Crippen molar-refractivity contribution in [2.45, 2.75) is 45.7 Å². The van der Waals surface area contributed by atoms with Crippen molar-refractivity contribution in [3.63, 3.8) is 0 Å².